The lowest BCUT2D eigenvalue weighted by molar-refractivity contribution is -0.150. The second-order valence-corrected chi connectivity index (χ2v) is 5.67. The molecule has 3 rings (SSSR count). The third kappa shape index (κ3) is 1.09. The highest BCUT2D eigenvalue weighted by Gasteiger charge is 2.56. The minimum atomic E-state index is 0.372. The molecule has 0 spiro atoms. The summed E-state index contributed by atoms with van der Waals surface area (Å²) in [6.45, 7) is 8.78. The van der Waals surface area contributed by atoms with Crippen LogP contribution in [0.15, 0.2) is 0 Å². The Balaban J connectivity index is 2.16. The topological polar surface area (TPSA) is 17.1 Å². The lowest BCUT2D eigenvalue weighted by Crippen LogP contribution is -2.56. The zero-order chi connectivity index (χ0) is 9.80. The summed E-state index contributed by atoms with van der Waals surface area (Å²) in [5.41, 5.74) is 0.519. The lowest BCUT2D eigenvalue weighted by atomic mass is 9.43. The fourth-order valence-corrected chi connectivity index (χ4v) is 3.69. The summed E-state index contributed by atoms with van der Waals surface area (Å²) in [4.78, 5) is 11.4. The molecule has 0 amide bonds. The van der Waals surface area contributed by atoms with Gasteiger partial charge in [0, 0.05) is 5.92 Å². The molecule has 1 nitrogen and oxygen atoms in total. The summed E-state index contributed by atoms with van der Waals surface area (Å²) < 4.78 is 0. The van der Waals surface area contributed by atoms with Crippen molar-refractivity contribution >= 4 is 5.78 Å². The van der Waals surface area contributed by atoms with Crippen molar-refractivity contribution in [2.24, 2.45) is 29.1 Å². The summed E-state index contributed by atoms with van der Waals surface area (Å²) >= 11 is 0. The summed E-state index contributed by atoms with van der Waals surface area (Å²) in [6, 6.07) is 0. The number of hydrogen-bond acceptors (Lipinski definition) is 1. The van der Waals surface area contributed by atoms with Crippen LogP contribution in [-0.2, 0) is 4.79 Å². The van der Waals surface area contributed by atoms with E-state index in [1.54, 1.807) is 6.92 Å². The molecule has 13 heavy (non-hydrogen) atoms. The second-order valence-electron chi connectivity index (χ2n) is 5.67. The Bertz CT molecular complexity index is 242. The highest BCUT2D eigenvalue weighted by Crippen LogP contribution is 2.62. The van der Waals surface area contributed by atoms with Crippen molar-refractivity contribution in [1.82, 2.24) is 0 Å². The van der Waals surface area contributed by atoms with Gasteiger partial charge in [-0.3, -0.25) is 4.79 Å². The molecule has 0 aromatic carbocycles. The molecule has 0 saturated heterocycles. The van der Waals surface area contributed by atoms with E-state index < -0.39 is 0 Å². The molecule has 4 atom stereocenters. The van der Waals surface area contributed by atoms with Gasteiger partial charge in [-0.25, -0.2) is 0 Å². The highest BCUT2D eigenvalue weighted by molar-refractivity contribution is 5.79. The molecule has 0 N–H and O–H groups in total. The molecular formula is C12H20O. The van der Waals surface area contributed by atoms with Gasteiger partial charge in [0.05, 0.1) is 0 Å². The summed E-state index contributed by atoms with van der Waals surface area (Å²) in [6.07, 6.45) is 2.53. The monoisotopic (exact) mass is 180 g/mol. The van der Waals surface area contributed by atoms with Crippen LogP contribution in [0, 0.1) is 29.1 Å². The predicted molar refractivity (Wildman–Crippen MR) is 53.3 cm³/mol. The van der Waals surface area contributed by atoms with Gasteiger partial charge in [0.2, 0.25) is 0 Å². The standard InChI is InChI=1S/C12H20O/c1-7-10(8(2)13)5-9-6-11(7)12(9,3)4/h7,9-11H,5-6H2,1-4H3/t7-,9+,10?,11+/m0/s1. The Morgan fingerprint density at radius 1 is 1.31 bits per heavy atom. The zero-order valence-corrected chi connectivity index (χ0v) is 9.13. The molecule has 3 aliphatic rings. The zero-order valence-electron chi connectivity index (χ0n) is 9.13. The van der Waals surface area contributed by atoms with Crippen LogP contribution in [0.4, 0.5) is 0 Å². The van der Waals surface area contributed by atoms with Gasteiger partial charge in [0.25, 0.3) is 0 Å². The molecule has 3 fully saturated rings. The minimum absolute atomic E-state index is 0.372. The number of rotatable bonds is 1. The van der Waals surface area contributed by atoms with E-state index >= 15 is 0 Å². The number of Topliss-reactive ketones (excluding diaryl/α,β-unsaturated/α-hetero) is 1. The third-order valence-electron chi connectivity index (χ3n) is 4.88. The maximum absolute atomic E-state index is 11.4. The first-order valence-electron chi connectivity index (χ1n) is 5.45. The highest BCUT2D eigenvalue weighted by atomic mass is 16.1. The second kappa shape index (κ2) is 2.59. The van der Waals surface area contributed by atoms with E-state index in [1.807, 2.05) is 0 Å². The Labute approximate surface area is 80.9 Å². The van der Waals surface area contributed by atoms with Gasteiger partial charge < -0.3 is 0 Å². The first kappa shape index (κ1) is 9.23. The summed E-state index contributed by atoms with van der Waals surface area (Å²) in [5, 5.41) is 0. The molecule has 0 aliphatic heterocycles. The van der Waals surface area contributed by atoms with E-state index in [2.05, 4.69) is 20.8 Å². The van der Waals surface area contributed by atoms with Crippen molar-refractivity contribution in [3.8, 4) is 0 Å². The maximum Gasteiger partial charge on any atom is 0.133 e. The first-order chi connectivity index (χ1) is 5.94. The van der Waals surface area contributed by atoms with Crippen molar-refractivity contribution in [3.05, 3.63) is 0 Å². The maximum atomic E-state index is 11.4. The first-order valence-corrected chi connectivity index (χ1v) is 5.45. The van der Waals surface area contributed by atoms with Crippen LogP contribution in [0.3, 0.4) is 0 Å². The number of ketones is 1. The van der Waals surface area contributed by atoms with Crippen LogP contribution in [0.25, 0.3) is 0 Å². The van der Waals surface area contributed by atoms with Crippen LogP contribution in [0.1, 0.15) is 40.5 Å². The van der Waals surface area contributed by atoms with Gasteiger partial charge >= 0.3 is 0 Å². The molecule has 0 radical (unpaired) electrons. The Kier molecular flexibility index (Phi) is 1.84. The molecule has 2 bridgehead atoms. The Morgan fingerprint density at radius 3 is 2.31 bits per heavy atom. The van der Waals surface area contributed by atoms with E-state index in [-0.39, 0.29) is 0 Å². The Morgan fingerprint density at radius 2 is 1.92 bits per heavy atom. The van der Waals surface area contributed by atoms with Crippen LogP contribution >= 0.6 is 0 Å². The van der Waals surface area contributed by atoms with Crippen molar-refractivity contribution in [3.63, 3.8) is 0 Å². The molecule has 1 heteroatoms. The summed E-state index contributed by atoms with van der Waals surface area (Å²) in [5.74, 6) is 3.04. The van der Waals surface area contributed by atoms with Gasteiger partial charge in [-0.15, -0.1) is 0 Å². The lowest BCUT2D eigenvalue weighted by Gasteiger charge is -2.61. The quantitative estimate of drug-likeness (QED) is 0.606. The summed E-state index contributed by atoms with van der Waals surface area (Å²) in [7, 11) is 0. The van der Waals surface area contributed by atoms with Gasteiger partial charge in [0.1, 0.15) is 5.78 Å². The van der Waals surface area contributed by atoms with Crippen molar-refractivity contribution in [2.45, 2.75) is 40.5 Å². The number of fused-ring (bicyclic) bond motifs is 2. The van der Waals surface area contributed by atoms with Gasteiger partial charge in [-0.05, 0) is 42.9 Å². The average Bonchev–Trinajstić information content (AvgIpc) is 2.02. The smallest absolute Gasteiger partial charge is 0.133 e. The van der Waals surface area contributed by atoms with E-state index in [9.17, 15) is 4.79 Å². The fourth-order valence-electron chi connectivity index (χ4n) is 3.69. The molecule has 0 heterocycles. The van der Waals surface area contributed by atoms with E-state index in [0.717, 1.165) is 18.3 Å². The normalized spacial score (nSPS) is 46.8. The van der Waals surface area contributed by atoms with Gasteiger partial charge in [-0.1, -0.05) is 20.8 Å². The average molecular weight is 180 g/mol. The van der Waals surface area contributed by atoms with E-state index in [0.29, 0.717) is 23.0 Å². The third-order valence-corrected chi connectivity index (χ3v) is 4.88. The van der Waals surface area contributed by atoms with Crippen LogP contribution in [0.2, 0.25) is 0 Å². The van der Waals surface area contributed by atoms with Crippen molar-refractivity contribution in [2.75, 3.05) is 0 Å². The fraction of sp³-hybridized carbons (Fsp3) is 0.917. The molecular weight excluding hydrogens is 160 g/mol. The van der Waals surface area contributed by atoms with Crippen LogP contribution in [0.5, 0.6) is 0 Å². The van der Waals surface area contributed by atoms with Crippen molar-refractivity contribution < 1.29 is 4.79 Å². The van der Waals surface area contributed by atoms with E-state index in [1.165, 1.54) is 6.42 Å². The van der Waals surface area contributed by atoms with Crippen molar-refractivity contribution in [1.29, 1.82) is 0 Å². The Hall–Kier alpha value is -0.330. The molecule has 3 saturated carbocycles. The molecule has 1 unspecified atom stereocenters. The largest absolute Gasteiger partial charge is 0.300 e. The molecule has 3 aliphatic carbocycles. The van der Waals surface area contributed by atoms with Gasteiger partial charge in [-0.2, -0.15) is 0 Å². The minimum Gasteiger partial charge on any atom is -0.300 e. The molecule has 0 aromatic rings. The predicted octanol–water partition coefficient (Wildman–Crippen LogP) is 2.89. The van der Waals surface area contributed by atoms with Gasteiger partial charge in [0.15, 0.2) is 0 Å². The number of carbonyl (C=O) groups excluding carboxylic acids is 1. The number of hydrogen-bond donors (Lipinski definition) is 0. The van der Waals surface area contributed by atoms with Crippen LogP contribution in [-0.4, -0.2) is 5.78 Å². The molecule has 0 aromatic heterocycles. The number of carbonyl (C=O) groups is 1. The van der Waals surface area contributed by atoms with E-state index in [4.69, 9.17) is 0 Å². The van der Waals surface area contributed by atoms with Crippen LogP contribution < -0.4 is 0 Å². The molecule has 74 valence electrons. The SMILES string of the molecule is CC(=O)C1C[C@@H]2C[C@H]([C@H]1C)C2(C)C.